The molecule has 0 aliphatic heterocycles. The second-order valence-electron chi connectivity index (χ2n) is 7.55. The summed E-state index contributed by atoms with van der Waals surface area (Å²) in [7, 11) is 3.89. The van der Waals surface area contributed by atoms with Crippen molar-refractivity contribution >= 4 is 49.3 Å². The Morgan fingerprint density at radius 3 is 2.38 bits per heavy atom. The molecule has 0 aliphatic rings. The Morgan fingerprint density at radius 1 is 0.828 bits per heavy atom. The summed E-state index contributed by atoms with van der Waals surface area (Å²) in [6, 6.07) is 17.1. The number of fused-ring (bicyclic) bond motifs is 4. The largest absolute Gasteiger partial charge is 0.377 e. The van der Waals surface area contributed by atoms with Gasteiger partial charge in [-0.1, -0.05) is 18.2 Å². The molecule has 0 radical (unpaired) electrons. The zero-order valence-electron chi connectivity index (χ0n) is 16.6. The molecule has 0 amide bonds. The minimum absolute atomic E-state index is 0.0140. The van der Waals surface area contributed by atoms with Crippen molar-refractivity contribution in [3.63, 3.8) is 0 Å². The SMILES string of the molecule is CCn1c2cc3c(=O)c4ccccc4[nH]c3cc2c(=O)c2c(N(C)C)cccc21. The van der Waals surface area contributed by atoms with Crippen molar-refractivity contribution in [3.05, 3.63) is 75.0 Å². The summed E-state index contributed by atoms with van der Waals surface area (Å²) >= 11 is 0. The molecule has 0 fully saturated rings. The van der Waals surface area contributed by atoms with E-state index < -0.39 is 0 Å². The Bertz CT molecular complexity index is 1560. The van der Waals surface area contributed by atoms with Crippen molar-refractivity contribution in [2.45, 2.75) is 13.5 Å². The first-order valence-corrected chi connectivity index (χ1v) is 9.72. The van der Waals surface area contributed by atoms with Crippen LogP contribution < -0.4 is 15.8 Å². The fraction of sp³-hybridized carbons (Fsp3) is 0.167. The van der Waals surface area contributed by atoms with Crippen LogP contribution in [0.1, 0.15) is 6.92 Å². The third-order valence-electron chi connectivity index (χ3n) is 5.69. The van der Waals surface area contributed by atoms with Gasteiger partial charge in [-0.2, -0.15) is 0 Å². The number of anilines is 1. The van der Waals surface area contributed by atoms with E-state index in [0.717, 1.165) is 22.2 Å². The molecule has 5 rings (SSSR count). The van der Waals surface area contributed by atoms with Crippen LogP contribution in [-0.4, -0.2) is 23.6 Å². The first-order chi connectivity index (χ1) is 14.0. The highest BCUT2D eigenvalue weighted by Gasteiger charge is 2.16. The third-order valence-corrected chi connectivity index (χ3v) is 5.69. The molecule has 0 saturated carbocycles. The zero-order valence-corrected chi connectivity index (χ0v) is 16.6. The molecule has 0 bridgehead atoms. The van der Waals surface area contributed by atoms with Crippen LogP contribution in [0.15, 0.2) is 64.2 Å². The number of aromatic nitrogens is 2. The van der Waals surface area contributed by atoms with Crippen molar-refractivity contribution < 1.29 is 0 Å². The minimum Gasteiger partial charge on any atom is -0.377 e. The van der Waals surface area contributed by atoms with Crippen LogP contribution in [0.25, 0.3) is 43.6 Å². The molecule has 0 unspecified atom stereocenters. The molecule has 2 aromatic heterocycles. The standard InChI is InChI=1S/C24H21N3O2/c1-4-27-20-11-7-10-19(26(2)3)22(20)24(29)16-12-18-15(13-21(16)27)23(28)14-8-5-6-9-17(14)25-18/h5-13H,4H2,1-3H3,(H,25,28). The monoisotopic (exact) mass is 383 g/mol. The van der Waals surface area contributed by atoms with Gasteiger partial charge in [0.05, 0.1) is 21.9 Å². The van der Waals surface area contributed by atoms with E-state index in [-0.39, 0.29) is 10.9 Å². The van der Waals surface area contributed by atoms with Gasteiger partial charge in [0.1, 0.15) is 0 Å². The van der Waals surface area contributed by atoms with Gasteiger partial charge < -0.3 is 14.5 Å². The Labute approximate surface area is 166 Å². The van der Waals surface area contributed by atoms with E-state index in [0.29, 0.717) is 33.6 Å². The van der Waals surface area contributed by atoms with Gasteiger partial charge in [0, 0.05) is 48.0 Å². The number of hydrogen-bond acceptors (Lipinski definition) is 3. The number of H-pyrrole nitrogens is 1. The highest BCUT2D eigenvalue weighted by atomic mass is 16.1. The number of hydrogen-bond donors (Lipinski definition) is 1. The highest BCUT2D eigenvalue weighted by Crippen LogP contribution is 2.28. The number of nitrogens with one attached hydrogen (secondary N) is 1. The lowest BCUT2D eigenvalue weighted by atomic mass is 10.0. The number of para-hydroxylation sites is 1. The predicted molar refractivity (Wildman–Crippen MR) is 121 cm³/mol. The van der Waals surface area contributed by atoms with Gasteiger partial charge in [-0.25, -0.2) is 0 Å². The highest BCUT2D eigenvalue weighted by molar-refractivity contribution is 6.05. The molecule has 5 heteroatoms. The lowest BCUT2D eigenvalue weighted by Crippen LogP contribution is -2.17. The molecule has 0 saturated heterocycles. The first-order valence-electron chi connectivity index (χ1n) is 9.72. The Kier molecular flexibility index (Phi) is 3.74. The summed E-state index contributed by atoms with van der Waals surface area (Å²) in [5.74, 6) is 0. The van der Waals surface area contributed by atoms with Crippen molar-refractivity contribution in [1.29, 1.82) is 0 Å². The molecular weight excluding hydrogens is 362 g/mol. The molecule has 0 spiro atoms. The number of benzene rings is 3. The first kappa shape index (κ1) is 17.5. The van der Waals surface area contributed by atoms with E-state index in [4.69, 9.17) is 0 Å². The quantitative estimate of drug-likeness (QED) is 0.464. The van der Waals surface area contributed by atoms with Crippen molar-refractivity contribution in [2.24, 2.45) is 0 Å². The summed E-state index contributed by atoms with van der Waals surface area (Å²) in [5.41, 5.74) is 3.98. The second kappa shape index (κ2) is 6.21. The average Bonchev–Trinajstić information content (AvgIpc) is 2.73. The summed E-state index contributed by atoms with van der Waals surface area (Å²) < 4.78 is 2.12. The Hall–Kier alpha value is -3.60. The average molecular weight is 383 g/mol. The Morgan fingerprint density at radius 2 is 1.62 bits per heavy atom. The third kappa shape index (κ3) is 2.40. The maximum absolute atomic E-state index is 13.5. The van der Waals surface area contributed by atoms with Crippen LogP contribution in [0.4, 0.5) is 5.69 Å². The molecule has 144 valence electrons. The van der Waals surface area contributed by atoms with E-state index in [9.17, 15) is 9.59 Å². The van der Waals surface area contributed by atoms with Crippen LogP contribution >= 0.6 is 0 Å². The number of rotatable bonds is 2. The molecule has 0 atom stereocenters. The Balaban J connectivity index is 2.06. The fourth-order valence-electron chi connectivity index (χ4n) is 4.33. The predicted octanol–water partition coefficient (Wildman–Crippen LogP) is 4.24. The smallest absolute Gasteiger partial charge is 0.199 e. The molecule has 2 heterocycles. The number of nitrogens with zero attached hydrogens (tertiary/aromatic N) is 2. The number of aromatic amines is 1. The van der Waals surface area contributed by atoms with E-state index >= 15 is 0 Å². The van der Waals surface area contributed by atoms with E-state index in [1.54, 1.807) is 0 Å². The normalized spacial score (nSPS) is 11.7. The fourth-order valence-corrected chi connectivity index (χ4v) is 4.33. The molecule has 3 aromatic carbocycles. The molecule has 29 heavy (non-hydrogen) atoms. The van der Waals surface area contributed by atoms with Crippen LogP contribution in [0.2, 0.25) is 0 Å². The summed E-state index contributed by atoms with van der Waals surface area (Å²) in [6.07, 6.45) is 0. The van der Waals surface area contributed by atoms with Gasteiger partial charge >= 0.3 is 0 Å². The summed E-state index contributed by atoms with van der Waals surface area (Å²) in [5, 5.41) is 2.57. The van der Waals surface area contributed by atoms with Crippen LogP contribution in [0.5, 0.6) is 0 Å². The molecule has 0 aliphatic carbocycles. The van der Waals surface area contributed by atoms with Crippen LogP contribution in [0, 0.1) is 0 Å². The van der Waals surface area contributed by atoms with Gasteiger partial charge in [0.15, 0.2) is 10.9 Å². The molecule has 5 nitrogen and oxygen atoms in total. The van der Waals surface area contributed by atoms with Crippen LogP contribution in [0.3, 0.4) is 0 Å². The van der Waals surface area contributed by atoms with Gasteiger partial charge in [-0.3, -0.25) is 9.59 Å². The van der Waals surface area contributed by atoms with Gasteiger partial charge in [-0.15, -0.1) is 0 Å². The second-order valence-corrected chi connectivity index (χ2v) is 7.55. The molecule has 5 aromatic rings. The molecular formula is C24H21N3O2. The van der Waals surface area contributed by atoms with Gasteiger partial charge in [-0.05, 0) is 43.3 Å². The minimum atomic E-state index is -0.0199. The maximum Gasteiger partial charge on any atom is 0.199 e. The lowest BCUT2D eigenvalue weighted by Gasteiger charge is -2.19. The molecule has 1 N–H and O–H groups in total. The van der Waals surface area contributed by atoms with Crippen molar-refractivity contribution in [3.8, 4) is 0 Å². The topological polar surface area (TPSA) is 58.1 Å². The van der Waals surface area contributed by atoms with Crippen molar-refractivity contribution in [1.82, 2.24) is 9.55 Å². The number of pyridine rings is 2. The van der Waals surface area contributed by atoms with Crippen molar-refractivity contribution in [2.75, 3.05) is 19.0 Å². The maximum atomic E-state index is 13.5. The van der Waals surface area contributed by atoms with E-state index in [2.05, 4.69) is 16.5 Å². The van der Waals surface area contributed by atoms with Gasteiger partial charge in [0.25, 0.3) is 0 Å². The van der Waals surface area contributed by atoms with Crippen LogP contribution in [-0.2, 0) is 6.54 Å². The number of aryl methyl sites for hydroxylation is 1. The zero-order chi connectivity index (χ0) is 20.3. The van der Waals surface area contributed by atoms with E-state index in [1.807, 2.05) is 73.6 Å². The lowest BCUT2D eigenvalue weighted by molar-refractivity contribution is 0.821. The van der Waals surface area contributed by atoms with E-state index in [1.165, 1.54) is 0 Å². The van der Waals surface area contributed by atoms with Gasteiger partial charge in [0.2, 0.25) is 0 Å². The summed E-state index contributed by atoms with van der Waals surface area (Å²) in [4.78, 5) is 31.9. The summed E-state index contributed by atoms with van der Waals surface area (Å²) in [6.45, 7) is 2.75.